The van der Waals surface area contributed by atoms with Crippen LogP contribution in [-0.2, 0) is 0 Å². The van der Waals surface area contributed by atoms with Crippen LogP contribution in [0.2, 0.25) is 0 Å². The number of hydrogen-bond acceptors (Lipinski definition) is 3. The highest BCUT2D eigenvalue weighted by atomic mass is 16.3. The zero-order valence-electron chi connectivity index (χ0n) is 12.9. The molecule has 3 rings (SSSR count). The van der Waals surface area contributed by atoms with Crippen molar-refractivity contribution in [1.82, 2.24) is 4.90 Å². The number of aliphatic hydroxyl groups is 1. The van der Waals surface area contributed by atoms with Crippen molar-refractivity contribution in [3.63, 3.8) is 0 Å². The van der Waals surface area contributed by atoms with Crippen LogP contribution in [0.25, 0.3) is 0 Å². The van der Waals surface area contributed by atoms with Crippen molar-refractivity contribution in [3.05, 3.63) is 0 Å². The molecule has 0 radical (unpaired) electrons. The van der Waals surface area contributed by atoms with Gasteiger partial charge in [0.05, 0.1) is 5.60 Å². The highest BCUT2D eigenvalue weighted by molar-refractivity contribution is 4.98. The summed E-state index contributed by atoms with van der Waals surface area (Å²) in [5.41, 5.74) is 5.72. The van der Waals surface area contributed by atoms with Gasteiger partial charge in [-0.25, -0.2) is 0 Å². The smallest absolute Gasteiger partial charge is 0.0700 e. The van der Waals surface area contributed by atoms with E-state index in [0.29, 0.717) is 17.9 Å². The van der Waals surface area contributed by atoms with Gasteiger partial charge in [-0.15, -0.1) is 0 Å². The van der Waals surface area contributed by atoms with Crippen LogP contribution in [0, 0.1) is 11.8 Å². The minimum absolute atomic E-state index is 0.336. The van der Waals surface area contributed by atoms with Crippen LogP contribution in [0.4, 0.5) is 0 Å². The van der Waals surface area contributed by atoms with E-state index in [-0.39, 0.29) is 5.60 Å². The summed E-state index contributed by atoms with van der Waals surface area (Å²) in [6, 6.07) is 0.689. The number of piperidine rings is 1. The van der Waals surface area contributed by atoms with E-state index in [1.807, 2.05) is 0 Å². The van der Waals surface area contributed by atoms with E-state index in [0.717, 1.165) is 32.5 Å². The van der Waals surface area contributed by atoms with Crippen molar-refractivity contribution in [3.8, 4) is 0 Å². The minimum Gasteiger partial charge on any atom is -0.390 e. The Bertz CT molecular complexity index is 322. The maximum absolute atomic E-state index is 10.8. The molecule has 3 heteroatoms. The van der Waals surface area contributed by atoms with Crippen LogP contribution in [0.3, 0.4) is 0 Å². The van der Waals surface area contributed by atoms with Crippen molar-refractivity contribution in [2.24, 2.45) is 17.6 Å². The first kappa shape index (κ1) is 14.8. The molecule has 0 aromatic carbocycles. The Morgan fingerprint density at radius 1 is 1.00 bits per heavy atom. The lowest BCUT2D eigenvalue weighted by Crippen LogP contribution is -2.57. The lowest BCUT2D eigenvalue weighted by atomic mass is 9.70. The Labute approximate surface area is 123 Å². The first-order valence-electron chi connectivity index (χ1n) is 8.89. The molecule has 1 aliphatic heterocycles. The fraction of sp³-hybridized carbons (Fsp3) is 1.00. The molecule has 20 heavy (non-hydrogen) atoms. The van der Waals surface area contributed by atoms with Crippen LogP contribution < -0.4 is 5.73 Å². The van der Waals surface area contributed by atoms with Crippen LogP contribution >= 0.6 is 0 Å². The van der Waals surface area contributed by atoms with Crippen LogP contribution in [0.5, 0.6) is 0 Å². The van der Waals surface area contributed by atoms with Gasteiger partial charge in [-0.3, -0.25) is 4.90 Å². The Kier molecular flexibility index (Phi) is 4.68. The molecule has 3 aliphatic rings. The van der Waals surface area contributed by atoms with Crippen molar-refractivity contribution < 1.29 is 5.11 Å². The summed E-state index contributed by atoms with van der Waals surface area (Å²) in [5, 5.41) is 10.8. The van der Waals surface area contributed by atoms with Gasteiger partial charge >= 0.3 is 0 Å². The van der Waals surface area contributed by atoms with E-state index in [1.54, 1.807) is 0 Å². The van der Waals surface area contributed by atoms with E-state index in [2.05, 4.69) is 4.90 Å². The molecule has 1 saturated heterocycles. The van der Waals surface area contributed by atoms with Crippen molar-refractivity contribution in [2.75, 3.05) is 19.6 Å². The summed E-state index contributed by atoms with van der Waals surface area (Å²) < 4.78 is 0. The number of nitrogens with zero attached hydrogens (tertiary/aromatic N) is 1. The zero-order chi connectivity index (χ0) is 14.0. The predicted octanol–water partition coefficient (Wildman–Crippen LogP) is 2.52. The molecular weight excluding hydrogens is 248 g/mol. The SMILES string of the molecule is NCC1CCCCCC1N1CCC2(O)CCCCC2C1. The van der Waals surface area contributed by atoms with Crippen molar-refractivity contribution in [2.45, 2.75) is 75.9 Å². The summed E-state index contributed by atoms with van der Waals surface area (Å²) in [5.74, 6) is 1.21. The predicted molar refractivity (Wildman–Crippen MR) is 82.5 cm³/mol. The second-order valence-electron chi connectivity index (χ2n) is 7.49. The van der Waals surface area contributed by atoms with Crippen molar-refractivity contribution >= 4 is 0 Å². The second-order valence-corrected chi connectivity index (χ2v) is 7.49. The normalized spacial score (nSPS) is 43.8. The molecular formula is C17H32N2O. The van der Waals surface area contributed by atoms with Gasteiger partial charge in [0.15, 0.2) is 0 Å². The highest BCUT2D eigenvalue weighted by Crippen LogP contribution is 2.41. The Balaban J connectivity index is 1.67. The molecule has 2 aliphatic carbocycles. The Hall–Kier alpha value is -0.120. The topological polar surface area (TPSA) is 49.5 Å². The second kappa shape index (κ2) is 6.33. The van der Waals surface area contributed by atoms with Crippen LogP contribution in [0.1, 0.15) is 64.2 Å². The molecule has 116 valence electrons. The third-order valence-electron chi connectivity index (χ3n) is 6.35. The van der Waals surface area contributed by atoms with Crippen LogP contribution in [-0.4, -0.2) is 41.3 Å². The molecule has 3 fully saturated rings. The first-order valence-corrected chi connectivity index (χ1v) is 8.89. The van der Waals surface area contributed by atoms with Gasteiger partial charge in [0.2, 0.25) is 0 Å². The lowest BCUT2D eigenvalue weighted by Gasteiger charge is -2.50. The molecule has 0 bridgehead atoms. The summed E-state index contributed by atoms with van der Waals surface area (Å²) in [7, 11) is 0. The monoisotopic (exact) mass is 280 g/mol. The highest BCUT2D eigenvalue weighted by Gasteiger charge is 2.44. The average Bonchev–Trinajstić information content (AvgIpc) is 2.71. The molecule has 0 spiro atoms. The summed E-state index contributed by atoms with van der Waals surface area (Å²) in [6.07, 6.45) is 12.5. The van der Waals surface area contributed by atoms with E-state index in [1.165, 1.54) is 51.4 Å². The van der Waals surface area contributed by atoms with Gasteiger partial charge in [-0.05, 0) is 44.6 Å². The van der Waals surface area contributed by atoms with E-state index in [4.69, 9.17) is 5.73 Å². The summed E-state index contributed by atoms with van der Waals surface area (Å²) >= 11 is 0. The summed E-state index contributed by atoms with van der Waals surface area (Å²) in [6.45, 7) is 3.06. The fourth-order valence-corrected chi connectivity index (χ4v) is 5.02. The van der Waals surface area contributed by atoms with E-state index >= 15 is 0 Å². The summed E-state index contributed by atoms with van der Waals surface area (Å²) in [4.78, 5) is 2.70. The quantitative estimate of drug-likeness (QED) is 0.764. The molecule has 4 atom stereocenters. The number of rotatable bonds is 2. The molecule has 0 aromatic rings. The minimum atomic E-state index is -0.336. The molecule has 0 aromatic heterocycles. The first-order chi connectivity index (χ1) is 9.73. The molecule has 4 unspecified atom stereocenters. The van der Waals surface area contributed by atoms with Gasteiger partial charge in [-0.1, -0.05) is 32.1 Å². The molecule has 3 nitrogen and oxygen atoms in total. The molecule has 2 saturated carbocycles. The van der Waals surface area contributed by atoms with Gasteiger partial charge < -0.3 is 10.8 Å². The standard InChI is InChI=1S/C17H32N2O/c18-12-14-6-2-1-3-8-16(14)19-11-10-17(20)9-5-4-7-15(17)13-19/h14-16,20H,1-13,18H2. The zero-order valence-corrected chi connectivity index (χ0v) is 12.9. The Morgan fingerprint density at radius 3 is 2.65 bits per heavy atom. The van der Waals surface area contributed by atoms with Crippen molar-refractivity contribution in [1.29, 1.82) is 0 Å². The molecule has 0 amide bonds. The third-order valence-corrected chi connectivity index (χ3v) is 6.35. The molecule has 1 heterocycles. The molecule has 3 N–H and O–H groups in total. The average molecular weight is 280 g/mol. The van der Waals surface area contributed by atoms with Gasteiger partial charge in [0.1, 0.15) is 0 Å². The number of fused-ring (bicyclic) bond motifs is 1. The largest absolute Gasteiger partial charge is 0.390 e. The van der Waals surface area contributed by atoms with Crippen LogP contribution in [0.15, 0.2) is 0 Å². The third kappa shape index (κ3) is 2.90. The number of hydrogen-bond donors (Lipinski definition) is 2. The van der Waals surface area contributed by atoms with E-state index in [9.17, 15) is 5.11 Å². The van der Waals surface area contributed by atoms with Gasteiger partial charge in [0.25, 0.3) is 0 Å². The maximum Gasteiger partial charge on any atom is 0.0700 e. The fourth-order valence-electron chi connectivity index (χ4n) is 5.02. The Morgan fingerprint density at radius 2 is 1.80 bits per heavy atom. The maximum atomic E-state index is 10.8. The van der Waals surface area contributed by atoms with Gasteiger partial charge in [-0.2, -0.15) is 0 Å². The number of likely N-dealkylation sites (tertiary alicyclic amines) is 1. The van der Waals surface area contributed by atoms with E-state index < -0.39 is 0 Å². The lowest BCUT2D eigenvalue weighted by molar-refractivity contribution is -0.107. The van der Waals surface area contributed by atoms with Gasteiger partial charge in [0, 0.05) is 25.0 Å². The number of nitrogens with two attached hydrogens (primary N) is 1.